The van der Waals surface area contributed by atoms with Crippen molar-refractivity contribution in [2.75, 3.05) is 53.9 Å². The maximum Gasteiger partial charge on any atom is 0.416 e. The second kappa shape index (κ2) is 28.9. The highest BCUT2D eigenvalue weighted by molar-refractivity contribution is 5.82. The van der Waals surface area contributed by atoms with Gasteiger partial charge in [-0.15, -0.1) is 0 Å². The smallest absolute Gasteiger partial charge is 0.355 e. The van der Waals surface area contributed by atoms with E-state index in [2.05, 4.69) is 66.3 Å². The lowest BCUT2D eigenvalue weighted by Crippen LogP contribution is -2.48. The lowest BCUT2D eigenvalue weighted by atomic mass is 9.99. The Labute approximate surface area is 281 Å². The van der Waals surface area contributed by atoms with E-state index in [0.717, 1.165) is 50.9 Å². The Morgan fingerprint density at radius 3 is 1.98 bits per heavy atom. The molecule has 2 rings (SSSR count). The molecule has 0 aliphatic heterocycles. The Kier molecular flexibility index (Phi) is 28.2. The summed E-state index contributed by atoms with van der Waals surface area (Å²) in [6.45, 7) is 12.8. The molecule has 0 heterocycles. The number of amides is 2. The first-order valence-electron chi connectivity index (χ1n) is 16.5. The fourth-order valence-electron chi connectivity index (χ4n) is 4.02. The molecule has 268 valence electrons. The van der Waals surface area contributed by atoms with Crippen LogP contribution >= 0.6 is 0 Å². The van der Waals surface area contributed by atoms with Gasteiger partial charge in [-0.1, -0.05) is 88.6 Å². The number of carbonyl (C=O) groups excluding carboxylic acids is 3. The first kappa shape index (κ1) is 45.8. The summed E-state index contributed by atoms with van der Waals surface area (Å²) in [6.07, 6.45) is 3.00. The van der Waals surface area contributed by atoms with Gasteiger partial charge in [-0.3, -0.25) is 9.59 Å². The van der Waals surface area contributed by atoms with Crippen LogP contribution in [-0.4, -0.2) is 82.9 Å². The molecule has 2 aromatic rings. The lowest BCUT2D eigenvalue weighted by molar-refractivity contribution is -0.137. The standard InChI is InChI=1S/C18H31N3O.C8H7F3.C7H14N2O2.C3H8/c1-5-9-15-10-6-7-11-16(15)12-8-13-20-18(22)17(19-2)14-21(3)4;1-6-3-2-4-7(5-6)8(9,10)11;1-2-3-8-6-7(11)9-4-5-10;1-3-2/h6-7,10-11,17,19H,5,8-9,12-14H2,1-4H3,(H,20,22);2-5H,1H3;5,8H,2-4,6H2,1H3,(H,9,11);3H2,1-2H3. The number of alkyl halides is 3. The monoisotopic (exact) mass is 667 g/mol. The van der Waals surface area contributed by atoms with Gasteiger partial charge in [-0.05, 0) is 77.5 Å². The van der Waals surface area contributed by atoms with Gasteiger partial charge in [-0.2, -0.15) is 13.2 Å². The fraction of sp³-hybridized carbons (Fsp3) is 0.583. The number of halogens is 3. The van der Waals surface area contributed by atoms with Crippen LogP contribution in [0.5, 0.6) is 0 Å². The summed E-state index contributed by atoms with van der Waals surface area (Å²) in [6, 6.07) is 13.7. The van der Waals surface area contributed by atoms with Gasteiger partial charge in [0.25, 0.3) is 0 Å². The maximum atomic E-state index is 12.1. The van der Waals surface area contributed by atoms with E-state index in [1.165, 1.54) is 30.0 Å². The lowest BCUT2D eigenvalue weighted by Gasteiger charge is -2.20. The van der Waals surface area contributed by atoms with E-state index < -0.39 is 11.7 Å². The first-order chi connectivity index (χ1) is 22.3. The molecule has 2 amide bonds. The summed E-state index contributed by atoms with van der Waals surface area (Å²) in [5, 5.41) is 11.4. The number of carbonyl (C=O) groups is 3. The predicted octanol–water partition coefficient (Wildman–Crippen LogP) is 5.57. The third-order valence-corrected chi connectivity index (χ3v) is 6.21. The molecule has 11 heteroatoms. The number of nitrogens with one attached hydrogen (secondary N) is 4. The highest BCUT2D eigenvalue weighted by Crippen LogP contribution is 2.29. The Morgan fingerprint density at radius 2 is 1.51 bits per heavy atom. The molecule has 0 saturated carbocycles. The SMILES string of the molecule is CCC.CCCNCC(=O)NCC=O.CCCc1ccccc1CCCNC(=O)C(CN(C)C)NC.Cc1cccc(C(F)(F)F)c1. The summed E-state index contributed by atoms with van der Waals surface area (Å²) < 4.78 is 35.9. The third kappa shape index (κ3) is 25.5. The topological polar surface area (TPSA) is 103 Å². The van der Waals surface area contributed by atoms with Gasteiger partial charge in [-0.25, -0.2) is 0 Å². The Bertz CT molecular complexity index is 1100. The number of nitrogens with zero attached hydrogens (tertiary/aromatic N) is 1. The average Bonchev–Trinajstić information content (AvgIpc) is 3.02. The summed E-state index contributed by atoms with van der Waals surface area (Å²) in [5.41, 5.74) is 2.89. The van der Waals surface area contributed by atoms with Crippen molar-refractivity contribution in [3.63, 3.8) is 0 Å². The van der Waals surface area contributed by atoms with Crippen LogP contribution in [-0.2, 0) is 33.4 Å². The molecule has 0 radical (unpaired) electrons. The van der Waals surface area contributed by atoms with Crippen LogP contribution in [0.2, 0.25) is 0 Å². The Hall–Kier alpha value is -3.28. The van der Waals surface area contributed by atoms with Gasteiger partial charge in [0.05, 0.1) is 24.7 Å². The second-order valence-corrected chi connectivity index (χ2v) is 11.2. The molecular formula is C36H60F3N5O3. The number of aryl methyl sites for hydroxylation is 3. The molecule has 47 heavy (non-hydrogen) atoms. The highest BCUT2D eigenvalue weighted by atomic mass is 19.4. The molecule has 1 atom stereocenters. The quantitative estimate of drug-likeness (QED) is 0.138. The van der Waals surface area contributed by atoms with Crippen LogP contribution in [0, 0.1) is 6.92 Å². The van der Waals surface area contributed by atoms with Crippen LogP contribution in [0.15, 0.2) is 48.5 Å². The fourth-order valence-corrected chi connectivity index (χ4v) is 4.02. The van der Waals surface area contributed by atoms with Crippen molar-refractivity contribution in [1.29, 1.82) is 0 Å². The molecule has 0 aliphatic rings. The van der Waals surface area contributed by atoms with Crippen LogP contribution in [0.1, 0.15) is 75.6 Å². The number of hydrogen-bond donors (Lipinski definition) is 4. The zero-order chi connectivity index (χ0) is 36.1. The average molecular weight is 668 g/mol. The van der Waals surface area contributed by atoms with Crippen molar-refractivity contribution in [1.82, 2.24) is 26.2 Å². The van der Waals surface area contributed by atoms with E-state index in [4.69, 9.17) is 0 Å². The van der Waals surface area contributed by atoms with Gasteiger partial charge in [0.1, 0.15) is 6.29 Å². The van der Waals surface area contributed by atoms with Crippen LogP contribution in [0.25, 0.3) is 0 Å². The van der Waals surface area contributed by atoms with Crippen molar-refractivity contribution in [2.45, 2.75) is 85.4 Å². The zero-order valence-electron chi connectivity index (χ0n) is 29.9. The molecule has 1 unspecified atom stereocenters. The predicted molar refractivity (Wildman–Crippen MR) is 188 cm³/mol. The van der Waals surface area contributed by atoms with Crippen molar-refractivity contribution in [3.8, 4) is 0 Å². The molecule has 0 aromatic heterocycles. The Balaban J connectivity index is 0. The number of aldehydes is 1. The second-order valence-electron chi connectivity index (χ2n) is 11.2. The molecule has 0 fully saturated rings. The largest absolute Gasteiger partial charge is 0.416 e. The van der Waals surface area contributed by atoms with E-state index in [1.807, 2.05) is 33.0 Å². The molecule has 4 N–H and O–H groups in total. The molecule has 0 spiro atoms. The molecule has 0 saturated heterocycles. The summed E-state index contributed by atoms with van der Waals surface area (Å²) in [5.74, 6) is -0.0522. The molecule has 0 bridgehead atoms. The number of benzene rings is 2. The maximum absolute atomic E-state index is 12.1. The van der Waals surface area contributed by atoms with Crippen molar-refractivity contribution in [2.24, 2.45) is 0 Å². The van der Waals surface area contributed by atoms with Gasteiger partial charge < -0.3 is 31.0 Å². The zero-order valence-corrected chi connectivity index (χ0v) is 29.9. The van der Waals surface area contributed by atoms with Crippen LogP contribution in [0.3, 0.4) is 0 Å². The van der Waals surface area contributed by atoms with Gasteiger partial charge in [0.15, 0.2) is 0 Å². The van der Waals surface area contributed by atoms with Crippen LogP contribution < -0.4 is 21.3 Å². The van der Waals surface area contributed by atoms with Crippen molar-refractivity contribution >= 4 is 18.1 Å². The van der Waals surface area contributed by atoms with Crippen LogP contribution in [0.4, 0.5) is 13.2 Å². The Morgan fingerprint density at radius 1 is 0.894 bits per heavy atom. The normalized spacial score (nSPS) is 11.1. The summed E-state index contributed by atoms with van der Waals surface area (Å²) in [7, 11) is 5.78. The van der Waals surface area contributed by atoms with E-state index >= 15 is 0 Å². The van der Waals surface area contributed by atoms with Crippen molar-refractivity contribution < 1.29 is 27.6 Å². The van der Waals surface area contributed by atoms with E-state index in [9.17, 15) is 27.6 Å². The number of likely N-dealkylation sites (N-methyl/N-ethyl adjacent to an activating group) is 2. The van der Waals surface area contributed by atoms with E-state index in [1.54, 1.807) is 13.0 Å². The van der Waals surface area contributed by atoms with Gasteiger partial charge >= 0.3 is 6.18 Å². The van der Waals surface area contributed by atoms with Gasteiger partial charge in [0.2, 0.25) is 11.8 Å². The highest BCUT2D eigenvalue weighted by Gasteiger charge is 2.29. The summed E-state index contributed by atoms with van der Waals surface area (Å²) in [4.78, 5) is 34.7. The van der Waals surface area contributed by atoms with E-state index in [0.29, 0.717) is 24.9 Å². The van der Waals surface area contributed by atoms with Gasteiger partial charge in [0, 0.05) is 13.1 Å². The minimum Gasteiger partial charge on any atom is -0.355 e. The number of rotatable bonds is 16. The third-order valence-electron chi connectivity index (χ3n) is 6.21. The molecule has 8 nitrogen and oxygen atoms in total. The molecular weight excluding hydrogens is 607 g/mol. The summed E-state index contributed by atoms with van der Waals surface area (Å²) >= 11 is 0. The van der Waals surface area contributed by atoms with Crippen molar-refractivity contribution in [3.05, 3.63) is 70.8 Å². The first-order valence-corrected chi connectivity index (χ1v) is 16.5. The molecule has 2 aromatic carbocycles. The minimum absolute atomic E-state index is 0.0815. The van der Waals surface area contributed by atoms with E-state index in [-0.39, 0.29) is 24.4 Å². The number of hydrogen-bond acceptors (Lipinski definition) is 6. The molecule has 0 aliphatic carbocycles. The minimum atomic E-state index is -4.22.